The first-order valence-corrected chi connectivity index (χ1v) is 12.2. The normalized spacial score (nSPS) is 11.2. The van der Waals surface area contributed by atoms with Crippen molar-refractivity contribution in [3.63, 3.8) is 0 Å². The van der Waals surface area contributed by atoms with Gasteiger partial charge in [-0.1, -0.05) is 83.1 Å². The van der Waals surface area contributed by atoms with Gasteiger partial charge in [0, 0.05) is 12.2 Å². The lowest BCUT2D eigenvalue weighted by molar-refractivity contribution is 0.403. The van der Waals surface area contributed by atoms with Crippen LogP contribution < -0.4 is 5.32 Å². The fourth-order valence-corrected chi connectivity index (χ4v) is 3.61. The summed E-state index contributed by atoms with van der Waals surface area (Å²) in [7, 11) is 0. The number of hydrogen-bond donors (Lipinski definition) is 3. The molecule has 0 radical (unpaired) electrons. The molecule has 1 aromatic rings. The van der Waals surface area contributed by atoms with E-state index in [2.05, 4.69) is 31.0 Å². The van der Waals surface area contributed by atoms with Crippen LogP contribution in [0.2, 0.25) is 0 Å². The highest BCUT2D eigenvalue weighted by Gasteiger charge is 2.01. The Balaban J connectivity index is 1.87. The summed E-state index contributed by atoms with van der Waals surface area (Å²) in [5.74, 6) is -0.125. The maximum absolute atomic E-state index is 9.52. The third-order valence-corrected chi connectivity index (χ3v) is 5.57. The Labute approximate surface area is 185 Å². The summed E-state index contributed by atoms with van der Waals surface area (Å²) in [4.78, 5) is 0. The summed E-state index contributed by atoms with van der Waals surface area (Å²) in [6, 6.07) is 4.98. The molecule has 0 bridgehead atoms. The zero-order valence-electron chi connectivity index (χ0n) is 19.3. The van der Waals surface area contributed by atoms with Crippen molar-refractivity contribution in [1.29, 1.82) is 0 Å². The van der Waals surface area contributed by atoms with E-state index in [9.17, 15) is 10.2 Å². The Bertz CT molecular complexity index is 595. The molecular formula is C27H45NO2. The lowest BCUT2D eigenvalue weighted by Gasteiger charge is -2.10. The zero-order chi connectivity index (χ0) is 21.9. The van der Waals surface area contributed by atoms with Gasteiger partial charge >= 0.3 is 0 Å². The lowest BCUT2D eigenvalue weighted by atomic mass is 10.1. The van der Waals surface area contributed by atoms with Crippen molar-refractivity contribution in [2.45, 2.75) is 103 Å². The van der Waals surface area contributed by atoms with Gasteiger partial charge in [-0.2, -0.15) is 0 Å². The Morgan fingerprint density at radius 2 is 1.43 bits per heavy atom. The molecule has 0 amide bonds. The average molecular weight is 416 g/mol. The molecule has 0 aromatic heterocycles. The highest BCUT2D eigenvalue weighted by Crippen LogP contribution is 2.24. The topological polar surface area (TPSA) is 52.5 Å². The molecule has 0 saturated heterocycles. The van der Waals surface area contributed by atoms with Crippen molar-refractivity contribution < 1.29 is 10.2 Å². The smallest absolute Gasteiger partial charge is 0.157 e. The third kappa shape index (κ3) is 14.1. The molecule has 170 valence electrons. The molecule has 0 aliphatic carbocycles. The van der Waals surface area contributed by atoms with E-state index in [1.54, 1.807) is 6.07 Å². The van der Waals surface area contributed by atoms with E-state index in [4.69, 9.17) is 0 Å². The molecule has 0 atom stereocenters. The quantitative estimate of drug-likeness (QED) is 0.123. The number of phenolic OH excluding ortho intramolecular Hbond substituents is 2. The number of nitrogens with one attached hydrogen (secondary N) is 1. The average Bonchev–Trinajstić information content (AvgIpc) is 2.73. The molecule has 0 heterocycles. The number of aromatic hydroxyl groups is 2. The number of rotatable bonds is 19. The highest BCUT2D eigenvalue weighted by atomic mass is 16.3. The molecule has 1 rings (SSSR count). The fourth-order valence-electron chi connectivity index (χ4n) is 3.61. The van der Waals surface area contributed by atoms with Crippen LogP contribution >= 0.6 is 0 Å². The summed E-state index contributed by atoms with van der Waals surface area (Å²) < 4.78 is 0. The van der Waals surface area contributed by atoms with Crippen molar-refractivity contribution >= 4 is 0 Å². The van der Waals surface area contributed by atoms with Crippen molar-refractivity contribution in [3.05, 3.63) is 48.2 Å². The Kier molecular flexibility index (Phi) is 15.6. The van der Waals surface area contributed by atoms with Crippen LogP contribution in [-0.4, -0.2) is 16.8 Å². The van der Waals surface area contributed by atoms with Crippen LogP contribution in [0, 0.1) is 0 Å². The lowest BCUT2D eigenvalue weighted by Crippen LogP contribution is -2.15. The molecule has 3 N–H and O–H groups in total. The van der Waals surface area contributed by atoms with Crippen LogP contribution in [0.1, 0.15) is 102 Å². The summed E-state index contributed by atoms with van der Waals surface area (Å²) in [6.45, 7) is 7.18. The van der Waals surface area contributed by atoms with E-state index >= 15 is 0 Å². The molecule has 0 unspecified atom stereocenters. The first-order chi connectivity index (χ1) is 14.6. The second-order valence-electron chi connectivity index (χ2n) is 8.44. The monoisotopic (exact) mass is 415 g/mol. The van der Waals surface area contributed by atoms with E-state index in [-0.39, 0.29) is 11.5 Å². The zero-order valence-corrected chi connectivity index (χ0v) is 19.3. The van der Waals surface area contributed by atoms with Gasteiger partial charge in [0.25, 0.3) is 0 Å². The minimum Gasteiger partial charge on any atom is -0.504 e. The van der Waals surface area contributed by atoms with E-state index in [1.165, 1.54) is 89.5 Å². The fraction of sp³-hybridized carbons (Fsp3) is 0.630. The van der Waals surface area contributed by atoms with Gasteiger partial charge in [0.1, 0.15) is 0 Å². The summed E-state index contributed by atoms with van der Waals surface area (Å²) in [5, 5.41) is 22.2. The number of hydrogen-bond acceptors (Lipinski definition) is 3. The van der Waals surface area contributed by atoms with Crippen LogP contribution in [0.25, 0.3) is 0 Å². The SMILES string of the molecule is C=C(CCCCCCC/C=C\CCCCCCCC)NCCc1ccc(O)c(O)c1. The second-order valence-corrected chi connectivity index (χ2v) is 8.44. The minimum absolute atomic E-state index is 0.0559. The van der Waals surface area contributed by atoms with Crippen LogP contribution in [0.15, 0.2) is 42.6 Å². The molecule has 1 aromatic carbocycles. The number of phenols is 2. The predicted molar refractivity (Wildman–Crippen MR) is 130 cm³/mol. The van der Waals surface area contributed by atoms with Crippen molar-refractivity contribution in [1.82, 2.24) is 5.32 Å². The maximum atomic E-state index is 9.52. The largest absolute Gasteiger partial charge is 0.504 e. The molecule has 0 saturated carbocycles. The first-order valence-electron chi connectivity index (χ1n) is 12.2. The molecule has 0 aliphatic rings. The van der Waals surface area contributed by atoms with Gasteiger partial charge in [0.05, 0.1) is 0 Å². The van der Waals surface area contributed by atoms with E-state index in [0.29, 0.717) is 0 Å². The highest BCUT2D eigenvalue weighted by molar-refractivity contribution is 5.40. The van der Waals surface area contributed by atoms with E-state index < -0.39 is 0 Å². The minimum atomic E-state index is -0.0692. The number of benzene rings is 1. The summed E-state index contributed by atoms with van der Waals surface area (Å²) in [6.07, 6.45) is 23.8. The van der Waals surface area contributed by atoms with Gasteiger partial charge in [-0.3, -0.25) is 0 Å². The molecule has 0 spiro atoms. The Hall–Kier alpha value is -1.90. The molecule has 0 fully saturated rings. The predicted octanol–water partition coefficient (Wildman–Crippen LogP) is 7.78. The molecule has 3 heteroatoms. The molecular weight excluding hydrogens is 370 g/mol. The summed E-state index contributed by atoms with van der Waals surface area (Å²) >= 11 is 0. The van der Waals surface area contributed by atoms with Gasteiger partial charge in [-0.05, 0) is 62.6 Å². The van der Waals surface area contributed by atoms with Crippen molar-refractivity contribution in [3.8, 4) is 11.5 Å². The third-order valence-electron chi connectivity index (χ3n) is 5.57. The van der Waals surface area contributed by atoms with Crippen LogP contribution in [0.4, 0.5) is 0 Å². The van der Waals surface area contributed by atoms with Crippen LogP contribution in [0.3, 0.4) is 0 Å². The van der Waals surface area contributed by atoms with Gasteiger partial charge in [0.15, 0.2) is 11.5 Å². The Morgan fingerprint density at radius 3 is 2.07 bits per heavy atom. The number of allylic oxidation sites excluding steroid dienone is 3. The van der Waals surface area contributed by atoms with Gasteiger partial charge in [-0.15, -0.1) is 0 Å². The van der Waals surface area contributed by atoms with Crippen LogP contribution in [0.5, 0.6) is 11.5 Å². The molecule has 0 aliphatic heterocycles. The van der Waals surface area contributed by atoms with Gasteiger partial charge in [-0.25, -0.2) is 0 Å². The second kappa shape index (κ2) is 17.9. The molecule has 3 nitrogen and oxygen atoms in total. The maximum Gasteiger partial charge on any atom is 0.157 e. The number of unbranched alkanes of at least 4 members (excludes halogenated alkanes) is 11. The van der Waals surface area contributed by atoms with E-state index in [0.717, 1.165) is 30.6 Å². The van der Waals surface area contributed by atoms with Crippen molar-refractivity contribution in [2.75, 3.05) is 6.54 Å². The van der Waals surface area contributed by atoms with E-state index in [1.807, 2.05) is 6.07 Å². The van der Waals surface area contributed by atoms with Crippen molar-refractivity contribution in [2.24, 2.45) is 0 Å². The van der Waals surface area contributed by atoms with Gasteiger partial charge < -0.3 is 15.5 Å². The van der Waals surface area contributed by atoms with Crippen LogP contribution in [-0.2, 0) is 6.42 Å². The molecule has 30 heavy (non-hydrogen) atoms. The standard InChI is InChI=1S/C27H45NO2/c1-3-4-5-6-7-8-9-10-11-12-13-14-15-16-17-18-24(2)28-22-21-25-19-20-26(29)27(30)23-25/h10-11,19-20,23,28-30H,2-9,12-18,21-22H2,1H3/b11-10-. The first kappa shape index (κ1) is 26.1. The van der Waals surface area contributed by atoms with Gasteiger partial charge in [0.2, 0.25) is 0 Å². The Morgan fingerprint density at radius 1 is 0.833 bits per heavy atom. The summed E-state index contributed by atoms with van der Waals surface area (Å²) in [5.41, 5.74) is 2.10.